The fourth-order valence-electron chi connectivity index (χ4n) is 2.78. The van der Waals surface area contributed by atoms with Crippen molar-refractivity contribution in [3.8, 4) is 0 Å². The molecular weight excluding hydrogens is 286 g/mol. The van der Waals surface area contributed by atoms with E-state index in [1.807, 2.05) is 12.3 Å². The van der Waals surface area contributed by atoms with Crippen LogP contribution >= 0.6 is 11.3 Å². The van der Waals surface area contributed by atoms with E-state index in [0.717, 1.165) is 42.8 Å². The number of amides is 2. The molecule has 3 N–H and O–H groups in total. The molecule has 1 aliphatic carbocycles. The van der Waals surface area contributed by atoms with Crippen molar-refractivity contribution < 1.29 is 9.90 Å². The normalized spacial score (nSPS) is 23.6. The predicted octanol–water partition coefficient (Wildman–Crippen LogP) is 2.62. The van der Waals surface area contributed by atoms with Crippen molar-refractivity contribution in [1.82, 2.24) is 15.6 Å². The van der Waals surface area contributed by atoms with Crippen LogP contribution in [-0.4, -0.2) is 28.8 Å². The SMILES string of the molecule is CCc1nc(C(C)NC(=O)NC2CCCCC2CO)cs1. The molecule has 3 unspecified atom stereocenters. The zero-order valence-electron chi connectivity index (χ0n) is 12.8. The molecule has 0 bridgehead atoms. The number of aliphatic hydroxyl groups excluding tert-OH is 1. The molecule has 1 aliphatic rings. The van der Waals surface area contributed by atoms with Crippen LogP contribution in [0, 0.1) is 5.92 Å². The van der Waals surface area contributed by atoms with Gasteiger partial charge in [-0.15, -0.1) is 11.3 Å². The number of hydrogen-bond acceptors (Lipinski definition) is 4. The monoisotopic (exact) mass is 311 g/mol. The smallest absolute Gasteiger partial charge is 0.315 e. The van der Waals surface area contributed by atoms with Crippen molar-refractivity contribution in [3.63, 3.8) is 0 Å². The summed E-state index contributed by atoms with van der Waals surface area (Å²) in [6, 6.07) is -0.186. The third-order valence-corrected chi connectivity index (χ3v) is 5.13. The van der Waals surface area contributed by atoms with E-state index in [2.05, 4.69) is 22.5 Å². The number of nitrogens with zero attached hydrogens (tertiary/aromatic N) is 1. The molecule has 0 aromatic carbocycles. The van der Waals surface area contributed by atoms with E-state index in [9.17, 15) is 9.90 Å². The van der Waals surface area contributed by atoms with E-state index in [1.54, 1.807) is 11.3 Å². The number of rotatable bonds is 5. The minimum Gasteiger partial charge on any atom is -0.396 e. The first-order chi connectivity index (χ1) is 10.1. The zero-order valence-corrected chi connectivity index (χ0v) is 13.6. The summed E-state index contributed by atoms with van der Waals surface area (Å²) in [5, 5.41) is 18.4. The molecule has 1 heterocycles. The van der Waals surface area contributed by atoms with Gasteiger partial charge in [-0.2, -0.15) is 0 Å². The number of urea groups is 1. The molecule has 0 spiro atoms. The minimum absolute atomic E-state index is 0.0811. The standard InChI is InChI=1S/C15H25N3O2S/c1-3-14-17-13(9-21-14)10(2)16-15(20)18-12-7-5-4-6-11(12)8-19/h9-12,19H,3-8H2,1-2H3,(H2,16,18,20). The van der Waals surface area contributed by atoms with Crippen molar-refractivity contribution in [2.24, 2.45) is 5.92 Å². The molecule has 0 radical (unpaired) electrons. The van der Waals surface area contributed by atoms with Gasteiger partial charge < -0.3 is 15.7 Å². The molecule has 118 valence electrons. The van der Waals surface area contributed by atoms with Gasteiger partial charge in [0.2, 0.25) is 0 Å². The summed E-state index contributed by atoms with van der Waals surface area (Å²) < 4.78 is 0. The number of thiazole rings is 1. The molecule has 1 aromatic rings. The largest absolute Gasteiger partial charge is 0.396 e. The van der Waals surface area contributed by atoms with Crippen LogP contribution in [0.2, 0.25) is 0 Å². The van der Waals surface area contributed by atoms with Crippen molar-refractivity contribution in [2.75, 3.05) is 6.61 Å². The Morgan fingerprint density at radius 3 is 2.95 bits per heavy atom. The van der Waals surface area contributed by atoms with Crippen molar-refractivity contribution in [3.05, 3.63) is 16.1 Å². The molecular formula is C15H25N3O2S. The Kier molecular flexibility index (Phi) is 5.99. The molecule has 2 amide bonds. The highest BCUT2D eigenvalue weighted by molar-refractivity contribution is 7.09. The summed E-state index contributed by atoms with van der Waals surface area (Å²) in [6.07, 6.45) is 5.11. The summed E-state index contributed by atoms with van der Waals surface area (Å²) in [6.45, 7) is 4.16. The molecule has 5 nitrogen and oxygen atoms in total. The third-order valence-electron chi connectivity index (χ3n) is 4.12. The second-order valence-corrected chi connectivity index (χ2v) is 6.64. The Balaban J connectivity index is 1.85. The lowest BCUT2D eigenvalue weighted by atomic mass is 9.85. The highest BCUT2D eigenvalue weighted by atomic mass is 32.1. The molecule has 0 aliphatic heterocycles. The summed E-state index contributed by atoms with van der Waals surface area (Å²) in [7, 11) is 0. The molecule has 6 heteroatoms. The van der Waals surface area contributed by atoms with Crippen LogP contribution in [0.4, 0.5) is 4.79 Å². The zero-order chi connectivity index (χ0) is 15.2. The van der Waals surface area contributed by atoms with Crippen LogP contribution in [0.25, 0.3) is 0 Å². The van der Waals surface area contributed by atoms with Gasteiger partial charge in [0.05, 0.1) is 16.7 Å². The summed E-state index contributed by atoms with van der Waals surface area (Å²) in [5.74, 6) is 0.186. The van der Waals surface area contributed by atoms with Crippen LogP contribution < -0.4 is 10.6 Å². The average molecular weight is 311 g/mol. The van der Waals surface area contributed by atoms with E-state index >= 15 is 0 Å². The summed E-state index contributed by atoms with van der Waals surface area (Å²) >= 11 is 1.63. The topological polar surface area (TPSA) is 74.2 Å². The van der Waals surface area contributed by atoms with Gasteiger partial charge in [-0.25, -0.2) is 9.78 Å². The van der Waals surface area contributed by atoms with Gasteiger partial charge in [-0.05, 0) is 26.2 Å². The van der Waals surface area contributed by atoms with Gasteiger partial charge in [-0.1, -0.05) is 19.8 Å². The number of nitrogens with one attached hydrogen (secondary N) is 2. The first-order valence-electron chi connectivity index (χ1n) is 7.76. The fraction of sp³-hybridized carbons (Fsp3) is 0.733. The Morgan fingerprint density at radius 1 is 1.52 bits per heavy atom. The van der Waals surface area contributed by atoms with Crippen LogP contribution in [0.15, 0.2) is 5.38 Å². The molecule has 0 saturated heterocycles. The third kappa shape index (κ3) is 4.41. The Hall–Kier alpha value is -1.14. The Bertz CT molecular complexity index is 464. The van der Waals surface area contributed by atoms with Gasteiger partial charge in [0.25, 0.3) is 0 Å². The van der Waals surface area contributed by atoms with Gasteiger partial charge in [0, 0.05) is 23.9 Å². The van der Waals surface area contributed by atoms with E-state index in [4.69, 9.17) is 0 Å². The maximum atomic E-state index is 12.1. The quantitative estimate of drug-likeness (QED) is 0.782. The highest BCUT2D eigenvalue weighted by Gasteiger charge is 2.26. The highest BCUT2D eigenvalue weighted by Crippen LogP contribution is 2.24. The van der Waals surface area contributed by atoms with Crippen LogP contribution in [0.3, 0.4) is 0 Å². The number of aliphatic hydroxyl groups is 1. The lowest BCUT2D eigenvalue weighted by Crippen LogP contribution is -2.48. The molecule has 1 saturated carbocycles. The summed E-state index contributed by atoms with van der Waals surface area (Å²) in [4.78, 5) is 16.6. The molecule has 1 fully saturated rings. The molecule has 3 atom stereocenters. The molecule has 21 heavy (non-hydrogen) atoms. The molecule has 1 aromatic heterocycles. The van der Waals surface area contributed by atoms with Crippen molar-refractivity contribution >= 4 is 17.4 Å². The van der Waals surface area contributed by atoms with Gasteiger partial charge in [-0.3, -0.25) is 0 Å². The summed E-state index contributed by atoms with van der Waals surface area (Å²) in [5.41, 5.74) is 0.911. The Morgan fingerprint density at radius 2 is 2.29 bits per heavy atom. The van der Waals surface area contributed by atoms with E-state index in [0.29, 0.717) is 0 Å². The second-order valence-electron chi connectivity index (χ2n) is 5.69. The van der Waals surface area contributed by atoms with Crippen LogP contribution in [0.1, 0.15) is 56.3 Å². The van der Waals surface area contributed by atoms with Crippen molar-refractivity contribution in [1.29, 1.82) is 0 Å². The molecule has 2 rings (SSSR count). The van der Waals surface area contributed by atoms with E-state index < -0.39 is 0 Å². The first-order valence-corrected chi connectivity index (χ1v) is 8.64. The minimum atomic E-state index is -0.168. The van der Waals surface area contributed by atoms with Gasteiger partial charge >= 0.3 is 6.03 Å². The van der Waals surface area contributed by atoms with Gasteiger partial charge in [0.1, 0.15) is 0 Å². The predicted molar refractivity (Wildman–Crippen MR) is 84.4 cm³/mol. The lowest BCUT2D eigenvalue weighted by molar-refractivity contribution is 0.153. The van der Waals surface area contributed by atoms with Gasteiger partial charge in [0.15, 0.2) is 0 Å². The number of carbonyl (C=O) groups excluding carboxylic acids is 1. The first kappa shape index (κ1) is 16.2. The fourth-order valence-corrected chi connectivity index (χ4v) is 3.62. The van der Waals surface area contributed by atoms with Crippen LogP contribution in [-0.2, 0) is 6.42 Å². The van der Waals surface area contributed by atoms with Crippen LogP contribution in [0.5, 0.6) is 0 Å². The van der Waals surface area contributed by atoms with E-state index in [-0.39, 0.29) is 30.6 Å². The number of hydrogen-bond donors (Lipinski definition) is 3. The maximum absolute atomic E-state index is 12.1. The maximum Gasteiger partial charge on any atom is 0.315 e. The number of carbonyl (C=O) groups is 1. The lowest BCUT2D eigenvalue weighted by Gasteiger charge is -2.31. The number of aromatic nitrogens is 1. The average Bonchev–Trinajstić information content (AvgIpc) is 2.96. The Labute approximate surface area is 130 Å². The van der Waals surface area contributed by atoms with E-state index in [1.165, 1.54) is 0 Å². The van der Waals surface area contributed by atoms with Crippen molar-refractivity contribution in [2.45, 2.75) is 58.0 Å². The second kappa shape index (κ2) is 7.75. The number of aryl methyl sites for hydroxylation is 1.